The Hall–Kier alpha value is -2.44. The third-order valence-electron chi connectivity index (χ3n) is 4.99. The Labute approximate surface area is 139 Å². The molecule has 2 heterocycles. The molecule has 3 aliphatic rings. The second kappa shape index (κ2) is 5.89. The molecule has 0 bridgehead atoms. The Bertz CT molecular complexity index is 684. The van der Waals surface area contributed by atoms with Gasteiger partial charge in [-0.15, -0.1) is 0 Å². The van der Waals surface area contributed by atoms with Gasteiger partial charge < -0.3 is 19.5 Å². The molecule has 0 spiro atoms. The van der Waals surface area contributed by atoms with Crippen LogP contribution in [0.15, 0.2) is 12.1 Å². The average molecular weight is 332 g/mol. The molecule has 1 aliphatic carbocycles. The van der Waals surface area contributed by atoms with Crippen molar-refractivity contribution in [2.45, 2.75) is 44.7 Å². The maximum atomic E-state index is 12.9. The standard InChI is InChI=1S/C17H20N2O5/c20-16(21)9-19-13-7-15-14(23-10-24-15)6-11(13)8-18(17(19)22)12-4-2-1-3-5-12/h6-7,12H,1-5,8-10H2,(H,20,21). The van der Waals surface area contributed by atoms with Crippen LogP contribution in [0.4, 0.5) is 10.5 Å². The molecule has 128 valence electrons. The van der Waals surface area contributed by atoms with Crippen LogP contribution in [0.5, 0.6) is 11.5 Å². The fourth-order valence-electron chi connectivity index (χ4n) is 3.83. The highest BCUT2D eigenvalue weighted by atomic mass is 16.7. The second-order valence-corrected chi connectivity index (χ2v) is 6.52. The largest absolute Gasteiger partial charge is 0.480 e. The molecule has 0 atom stereocenters. The van der Waals surface area contributed by atoms with Crippen molar-refractivity contribution < 1.29 is 24.2 Å². The molecule has 0 unspecified atom stereocenters. The Balaban J connectivity index is 1.72. The van der Waals surface area contributed by atoms with E-state index < -0.39 is 5.97 Å². The molecule has 1 N–H and O–H groups in total. The number of carbonyl (C=O) groups excluding carboxylic acids is 1. The first-order chi connectivity index (χ1) is 11.6. The SMILES string of the molecule is O=C(O)CN1C(=O)N(C2CCCCC2)Cc2cc3c(cc21)OCO3. The van der Waals surface area contributed by atoms with Crippen molar-refractivity contribution in [2.75, 3.05) is 18.2 Å². The second-order valence-electron chi connectivity index (χ2n) is 6.52. The zero-order valence-electron chi connectivity index (χ0n) is 13.4. The number of rotatable bonds is 3. The molecular weight excluding hydrogens is 312 g/mol. The van der Waals surface area contributed by atoms with Gasteiger partial charge in [0.25, 0.3) is 0 Å². The van der Waals surface area contributed by atoms with Crippen LogP contribution in [-0.2, 0) is 11.3 Å². The summed E-state index contributed by atoms with van der Waals surface area (Å²) < 4.78 is 10.8. The molecular formula is C17H20N2O5. The minimum absolute atomic E-state index is 0.150. The number of amides is 2. The molecule has 7 nitrogen and oxygen atoms in total. The molecule has 24 heavy (non-hydrogen) atoms. The molecule has 1 aromatic rings. The molecule has 1 saturated carbocycles. The van der Waals surface area contributed by atoms with Crippen LogP contribution in [-0.4, -0.2) is 41.4 Å². The number of hydrogen-bond donors (Lipinski definition) is 1. The summed E-state index contributed by atoms with van der Waals surface area (Å²) in [6, 6.07) is 3.54. The van der Waals surface area contributed by atoms with Gasteiger partial charge >= 0.3 is 12.0 Å². The predicted molar refractivity (Wildman–Crippen MR) is 85.4 cm³/mol. The smallest absolute Gasteiger partial charge is 0.325 e. The van der Waals surface area contributed by atoms with E-state index in [0.717, 1.165) is 31.2 Å². The Morgan fingerprint density at radius 3 is 2.58 bits per heavy atom. The molecule has 0 radical (unpaired) electrons. The van der Waals surface area contributed by atoms with Gasteiger partial charge in [0.1, 0.15) is 6.54 Å². The molecule has 0 aromatic heterocycles. The maximum Gasteiger partial charge on any atom is 0.325 e. The van der Waals surface area contributed by atoms with E-state index in [1.54, 1.807) is 6.07 Å². The van der Waals surface area contributed by atoms with Gasteiger partial charge in [-0.3, -0.25) is 9.69 Å². The summed E-state index contributed by atoms with van der Waals surface area (Å²) in [5.41, 5.74) is 1.52. The monoisotopic (exact) mass is 332 g/mol. The van der Waals surface area contributed by atoms with Gasteiger partial charge in [-0.05, 0) is 24.5 Å². The molecule has 2 aliphatic heterocycles. The average Bonchev–Trinajstić information content (AvgIpc) is 3.03. The van der Waals surface area contributed by atoms with Crippen LogP contribution < -0.4 is 14.4 Å². The molecule has 1 aromatic carbocycles. The van der Waals surface area contributed by atoms with Crippen LogP contribution in [0, 0.1) is 0 Å². The maximum absolute atomic E-state index is 12.9. The number of carboxylic acid groups (broad SMARTS) is 1. The van der Waals surface area contributed by atoms with Crippen molar-refractivity contribution in [2.24, 2.45) is 0 Å². The lowest BCUT2D eigenvalue weighted by molar-refractivity contribution is -0.135. The number of carbonyl (C=O) groups is 2. The fourth-order valence-corrected chi connectivity index (χ4v) is 3.83. The summed E-state index contributed by atoms with van der Waals surface area (Å²) in [7, 11) is 0. The number of anilines is 1. The summed E-state index contributed by atoms with van der Waals surface area (Å²) >= 11 is 0. The lowest BCUT2D eigenvalue weighted by atomic mass is 9.93. The first-order valence-electron chi connectivity index (χ1n) is 8.36. The highest BCUT2D eigenvalue weighted by Gasteiger charge is 2.37. The third kappa shape index (κ3) is 2.53. The van der Waals surface area contributed by atoms with Gasteiger partial charge in [-0.2, -0.15) is 0 Å². The first-order valence-corrected chi connectivity index (χ1v) is 8.36. The van der Waals surface area contributed by atoms with E-state index in [0.29, 0.717) is 23.7 Å². The molecule has 7 heteroatoms. The Kier molecular flexibility index (Phi) is 3.70. The van der Waals surface area contributed by atoms with Crippen LogP contribution >= 0.6 is 0 Å². The van der Waals surface area contributed by atoms with Gasteiger partial charge in [-0.1, -0.05) is 19.3 Å². The summed E-state index contributed by atoms with van der Waals surface area (Å²) in [5.74, 6) is 0.183. The van der Waals surface area contributed by atoms with E-state index >= 15 is 0 Å². The van der Waals surface area contributed by atoms with E-state index in [1.807, 2.05) is 11.0 Å². The molecule has 0 saturated heterocycles. The molecule has 2 amide bonds. The minimum Gasteiger partial charge on any atom is -0.480 e. The zero-order valence-corrected chi connectivity index (χ0v) is 13.4. The van der Waals surface area contributed by atoms with E-state index in [4.69, 9.17) is 9.47 Å². The third-order valence-corrected chi connectivity index (χ3v) is 4.99. The number of urea groups is 1. The van der Waals surface area contributed by atoms with Crippen LogP contribution in [0.2, 0.25) is 0 Å². The quantitative estimate of drug-likeness (QED) is 0.920. The number of ether oxygens (including phenoxy) is 2. The van der Waals surface area contributed by atoms with Crippen molar-refractivity contribution in [1.29, 1.82) is 0 Å². The van der Waals surface area contributed by atoms with E-state index in [-0.39, 0.29) is 25.4 Å². The number of aliphatic carboxylic acids is 1. The van der Waals surface area contributed by atoms with Crippen molar-refractivity contribution in [1.82, 2.24) is 4.90 Å². The van der Waals surface area contributed by atoms with E-state index in [2.05, 4.69) is 0 Å². The predicted octanol–water partition coefficient (Wildman–Crippen LogP) is 2.57. The minimum atomic E-state index is -1.03. The van der Waals surface area contributed by atoms with Gasteiger partial charge in [0.05, 0.1) is 5.69 Å². The Morgan fingerprint density at radius 1 is 1.17 bits per heavy atom. The van der Waals surface area contributed by atoms with E-state index in [1.165, 1.54) is 11.3 Å². The zero-order chi connectivity index (χ0) is 16.7. The van der Waals surface area contributed by atoms with Gasteiger partial charge in [0.15, 0.2) is 11.5 Å². The normalized spacial score (nSPS) is 20.2. The van der Waals surface area contributed by atoms with Crippen molar-refractivity contribution in [3.8, 4) is 11.5 Å². The number of fused-ring (bicyclic) bond motifs is 2. The number of benzene rings is 1. The molecule has 1 fully saturated rings. The highest BCUT2D eigenvalue weighted by Crippen LogP contribution is 2.42. The topological polar surface area (TPSA) is 79.3 Å². The van der Waals surface area contributed by atoms with Crippen molar-refractivity contribution in [3.63, 3.8) is 0 Å². The van der Waals surface area contributed by atoms with Gasteiger partial charge in [-0.25, -0.2) is 4.79 Å². The number of hydrogen-bond acceptors (Lipinski definition) is 4. The van der Waals surface area contributed by atoms with Crippen LogP contribution in [0.1, 0.15) is 37.7 Å². The van der Waals surface area contributed by atoms with E-state index in [9.17, 15) is 14.7 Å². The Morgan fingerprint density at radius 2 is 1.88 bits per heavy atom. The summed E-state index contributed by atoms with van der Waals surface area (Å²) in [4.78, 5) is 27.4. The van der Waals surface area contributed by atoms with Crippen molar-refractivity contribution >= 4 is 17.7 Å². The van der Waals surface area contributed by atoms with Crippen molar-refractivity contribution in [3.05, 3.63) is 17.7 Å². The highest BCUT2D eigenvalue weighted by molar-refractivity contribution is 5.99. The summed E-state index contributed by atoms with van der Waals surface area (Å²) in [6.45, 7) is 0.289. The summed E-state index contributed by atoms with van der Waals surface area (Å²) in [5, 5.41) is 9.23. The van der Waals surface area contributed by atoms with Crippen LogP contribution in [0.25, 0.3) is 0 Å². The first kappa shape index (κ1) is 15.1. The number of carboxylic acids is 1. The van der Waals surface area contributed by atoms with Gasteiger partial charge in [0.2, 0.25) is 6.79 Å². The number of nitrogens with zero attached hydrogens (tertiary/aromatic N) is 2. The van der Waals surface area contributed by atoms with Crippen LogP contribution in [0.3, 0.4) is 0 Å². The molecule has 4 rings (SSSR count). The summed E-state index contributed by atoms with van der Waals surface area (Å²) in [6.07, 6.45) is 5.38. The lowest BCUT2D eigenvalue weighted by Crippen LogP contribution is -2.53. The lowest BCUT2D eigenvalue weighted by Gasteiger charge is -2.42. The fraction of sp³-hybridized carbons (Fsp3) is 0.529. The van der Waals surface area contributed by atoms with Gasteiger partial charge in [0, 0.05) is 18.7 Å².